The highest BCUT2D eigenvalue weighted by atomic mass is 16.5. The van der Waals surface area contributed by atoms with Crippen molar-refractivity contribution < 1.29 is 4.74 Å². The molecule has 20 heavy (non-hydrogen) atoms. The lowest BCUT2D eigenvalue weighted by molar-refractivity contribution is 0.223. The number of hydrogen-bond acceptors (Lipinski definition) is 4. The zero-order chi connectivity index (χ0) is 14.2. The Balaban J connectivity index is 1.93. The van der Waals surface area contributed by atoms with Crippen LogP contribution in [-0.4, -0.2) is 57.3 Å². The first-order chi connectivity index (χ1) is 9.85. The lowest BCUT2D eigenvalue weighted by Gasteiger charge is -2.31. The van der Waals surface area contributed by atoms with Gasteiger partial charge in [0.15, 0.2) is 0 Å². The molecule has 4 nitrogen and oxygen atoms in total. The molecule has 0 unspecified atom stereocenters. The number of anilines is 1. The molecule has 0 aromatic heterocycles. The number of para-hydroxylation sites is 2. The molecule has 1 heterocycles. The Labute approximate surface area is 122 Å². The number of rotatable bonds is 7. The maximum atomic E-state index is 6.02. The normalized spacial score (nSPS) is 15.7. The van der Waals surface area contributed by atoms with Gasteiger partial charge in [-0.1, -0.05) is 26.0 Å². The van der Waals surface area contributed by atoms with Crippen molar-refractivity contribution in [1.29, 1.82) is 0 Å². The third-order valence-electron chi connectivity index (χ3n) is 3.88. The summed E-state index contributed by atoms with van der Waals surface area (Å²) in [7, 11) is 0. The fourth-order valence-electron chi connectivity index (χ4n) is 2.57. The minimum Gasteiger partial charge on any atom is -0.490 e. The van der Waals surface area contributed by atoms with E-state index >= 15 is 0 Å². The van der Waals surface area contributed by atoms with Crippen molar-refractivity contribution in [2.45, 2.75) is 13.8 Å². The highest BCUT2D eigenvalue weighted by Gasteiger charge is 2.14. The first-order valence-electron chi connectivity index (χ1n) is 7.75. The molecule has 1 saturated heterocycles. The van der Waals surface area contributed by atoms with Gasteiger partial charge in [-0.3, -0.25) is 0 Å². The number of hydrogen-bond donors (Lipinski definition) is 1. The molecule has 0 spiro atoms. The summed E-state index contributed by atoms with van der Waals surface area (Å²) in [6.07, 6.45) is 0. The van der Waals surface area contributed by atoms with Crippen molar-refractivity contribution >= 4 is 5.69 Å². The van der Waals surface area contributed by atoms with E-state index in [9.17, 15) is 0 Å². The molecule has 0 radical (unpaired) electrons. The van der Waals surface area contributed by atoms with E-state index in [-0.39, 0.29) is 0 Å². The number of benzene rings is 1. The molecule has 1 N–H and O–H groups in total. The van der Waals surface area contributed by atoms with Crippen LogP contribution in [0.4, 0.5) is 5.69 Å². The largest absolute Gasteiger partial charge is 0.490 e. The molecule has 0 atom stereocenters. The Morgan fingerprint density at radius 1 is 1.15 bits per heavy atom. The summed E-state index contributed by atoms with van der Waals surface area (Å²) >= 11 is 0. The molecule has 0 saturated carbocycles. The molecule has 4 heteroatoms. The van der Waals surface area contributed by atoms with Crippen LogP contribution in [0.25, 0.3) is 0 Å². The van der Waals surface area contributed by atoms with Crippen LogP contribution in [0.15, 0.2) is 24.3 Å². The van der Waals surface area contributed by atoms with E-state index in [0.717, 1.165) is 58.2 Å². The lowest BCUT2D eigenvalue weighted by atomic mass is 10.2. The zero-order valence-electron chi connectivity index (χ0n) is 12.8. The zero-order valence-corrected chi connectivity index (χ0v) is 12.8. The van der Waals surface area contributed by atoms with Gasteiger partial charge in [0.05, 0.1) is 5.69 Å². The second kappa shape index (κ2) is 8.12. The Morgan fingerprint density at radius 2 is 1.85 bits per heavy atom. The second-order valence-corrected chi connectivity index (χ2v) is 5.08. The van der Waals surface area contributed by atoms with Gasteiger partial charge in [-0.05, 0) is 25.2 Å². The Kier molecular flexibility index (Phi) is 6.15. The number of nitrogens with one attached hydrogen (secondary N) is 1. The number of nitrogens with zero attached hydrogens (tertiary/aromatic N) is 2. The van der Waals surface area contributed by atoms with Gasteiger partial charge in [-0.2, -0.15) is 0 Å². The predicted octanol–water partition coefficient (Wildman–Crippen LogP) is 1.82. The monoisotopic (exact) mass is 277 g/mol. The number of piperazine rings is 1. The van der Waals surface area contributed by atoms with Crippen LogP contribution in [0, 0.1) is 0 Å². The van der Waals surface area contributed by atoms with Crippen LogP contribution in [-0.2, 0) is 0 Å². The molecular formula is C16H27N3O. The molecule has 1 aliphatic rings. The summed E-state index contributed by atoms with van der Waals surface area (Å²) in [5.74, 6) is 1.02. The quantitative estimate of drug-likeness (QED) is 0.823. The summed E-state index contributed by atoms with van der Waals surface area (Å²) in [5.41, 5.74) is 1.23. The van der Waals surface area contributed by atoms with E-state index in [1.807, 2.05) is 0 Å². The molecule has 1 aromatic rings. The Morgan fingerprint density at radius 3 is 2.55 bits per heavy atom. The van der Waals surface area contributed by atoms with Crippen molar-refractivity contribution in [3.8, 4) is 5.75 Å². The fraction of sp³-hybridized carbons (Fsp3) is 0.625. The van der Waals surface area contributed by atoms with Crippen molar-refractivity contribution in [3.63, 3.8) is 0 Å². The topological polar surface area (TPSA) is 27.7 Å². The SMILES string of the molecule is CCN(CC)CCOc1ccccc1N1CCNCC1. The maximum Gasteiger partial charge on any atom is 0.142 e. The van der Waals surface area contributed by atoms with Gasteiger partial charge in [0.25, 0.3) is 0 Å². The maximum absolute atomic E-state index is 6.02. The van der Waals surface area contributed by atoms with E-state index in [4.69, 9.17) is 4.74 Å². The molecule has 0 amide bonds. The summed E-state index contributed by atoms with van der Waals surface area (Å²) in [5, 5.41) is 3.39. The predicted molar refractivity (Wildman–Crippen MR) is 84.8 cm³/mol. The van der Waals surface area contributed by atoms with E-state index in [2.05, 4.69) is 53.2 Å². The molecule has 0 bridgehead atoms. The lowest BCUT2D eigenvalue weighted by Crippen LogP contribution is -2.43. The van der Waals surface area contributed by atoms with Crippen LogP contribution < -0.4 is 15.0 Å². The fourth-order valence-corrected chi connectivity index (χ4v) is 2.57. The molecule has 1 aliphatic heterocycles. The second-order valence-electron chi connectivity index (χ2n) is 5.08. The van der Waals surface area contributed by atoms with Gasteiger partial charge in [-0.25, -0.2) is 0 Å². The van der Waals surface area contributed by atoms with Crippen molar-refractivity contribution in [1.82, 2.24) is 10.2 Å². The summed E-state index contributed by atoms with van der Waals surface area (Å²) < 4.78 is 6.02. The van der Waals surface area contributed by atoms with Crippen LogP contribution in [0.5, 0.6) is 5.75 Å². The number of likely N-dealkylation sites (N-methyl/N-ethyl adjacent to an activating group) is 1. The molecule has 0 aliphatic carbocycles. The summed E-state index contributed by atoms with van der Waals surface area (Å²) in [6.45, 7) is 12.5. The molecule has 1 aromatic carbocycles. The van der Waals surface area contributed by atoms with Gasteiger partial charge in [0, 0.05) is 32.7 Å². The Hall–Kier alpha value is -1.26. The molecule has 112 valence electrons. The number of ether oxygens (including phenoxy) is 1. The first kappa shape index (κ1) is 15.1. The molecule has 1 fully saturated rings. The highest BCUT2D eigenvalue weighted by molar-refractivity contribution is 5.58. The van der Waals surface area contributed by atoms with Gasteiger partial charge < -0.3 is 19.9 Å². The highest BCUT2D eigenvalue weighted by Crippen LogP contribution is 2.28. The van der Waals surface area contributed by atoms with Gasteiger partial charge in [0.1, 0.15) is 12.4 Å². The molecule has 2 rings (SSSR count). The minimum absolute atomic E-state index is 0.755. The summed E-state index contributed by atoms with van der Waals surface area (Å²) in [6, 6.07) is 8.39. The third-order valence-corrected chi connectivity index (χ3v) is 3.88. The van der Waals surface area contributed by atoms with Gasteiger partial charge in [0.2, 0.25) is 0 Å². The van der Waals surface area contributed by atoms with E-state index in [0.29, 0.717) is 0 Å². The average molecular weight is 277 g/mol. The van der Waals surface area contributed by atoms with E-state index in [1.165, 1.54) is 5.69 Å². The first-order valence-corrected chi connectivity index (χ1v) is 7.75. The van der Waals surface area contributed by atoms with Crippen molar-refractivity contribution in [2.24, 2.45) is 0 Å². The molecular weight excluding hydrogens is 250 g/mol. The average Bonchev–Trinajstić information content (AvgIpc) is 2.53. The summed E-state index contributed by atoms with van der Waals surface area (Å²) in [4.78, 5) is 4.79. The minimum atomic E-state index is 0.755. The van der Waals surface area contributed by atoms with Crippen molar-refractivity contribution in [2.75, 3.05) is 57.3 Å². The van der Waals surface area contributed by atoms with Gasteiger partial charge in [-0.15, -0.1) is 0 Å². The van der Waals surface area contributed by atoms with Gasteiger partial charge >= 0.3 is 0 Å². The third kappa shape index (κ3) is 4.12. The smallest absolute Gasteiger partial charge is 0.142 e. The van der Waals surface area contributed by atoms with E-state index in [1.54, 1.807) is 0 Å². The van der Waals surface area contributed by atoms with Crippen LogP contribution in [0.2, 0.25) is 0 Å². The van der Waals surface area contributed by atoms with E-state index < -0.39 is 0 Å². The van der Waals surface area contributed by atoms with Crippen LogP contribution in [0.1, 0.15) is 13.8 Å². The Bertz CT molecular complexity index is 387. The standard InChI is InChI=1S/C16H27N3O/c1-3-18(4-2)13-14-20-16-8-6-5-7-15(16)19-11-9-17-10-12-19/h5-8,17H,3-4,9-14H2,1-2H3. The van der Waals surface area contributed by atoms with Crippen LogP contribution in [0.3, 0.4) is 0 Å². The van der Waals surface area contributed by atoms with Crippen LogP contribution >= 0.6 is 0 Å². The van der Waals surface area contributed by atoms with Crippen molar-refractivity contribution in [3.05, 3.63) is 24.3 Å².